The summed E-state index contributed by atoms with van der Waals surface area (Å²) < 4.78 is 9.94. The molecule has 6 rings (SSSR count). The molecule has 1 atom stereocenters. The monoisotopic (exact) mass is 510 g/mol. The van der Waals surface area contributed by atoms with Crippen LogP contribution >= 0.6 is 0 Å². The Balaban J connectivity index is 1.35. The van der Waals surface area contributed by atoms with Crippen molar-refractivity contribution in [2.45, 2.75) is 12.6 Å². The van der Waals surface area contributed by atoms with Crippen molar-refractivity contribution >= 4 is 28.1 Å². The minimum Gasteiger partial charge on any atom is -0.382 e. The van der Waals surface area contributed by atoms with Crippen LogP contribution in [-0.2, 0) is 16.1 Å². The third-order valence-electron chi connectivity index (χ3n) is 7.00. The fourth-order valence-electron chi connectivity index (χ4n) is 4.99. The second kappa shape index (κ2) is 9.88. The highest BCUT2D eigenvalue weighted by molar-refractivity contribution is 5.92. The number of ether oxygens (including phenoxy) is 1. The Labute approximate surface area is 220 Å². The lowest BCUT2D eigenvalue weighted by atomic mass is 10.0. The fraction of sp³-hybridized carbons (Fsp3) is 0.286. The van der Waals surface area contributed by atoms with Gasteiger partial charge in [0, 0.05) is 44.3 Å². The highest BCUT2D eigenvalue weighted by Crippen LogP contribution is 2.35. The zero-order chi connectivity index (χ0) is 26.2. The van der Waals surface area contributed by atoms with Gasteiger partial charge in [0.2, 0.25) is 5.91 Å². The third-order valence-corrected chi connectivity index (χ3v) is 7.00. The number of hydrogen-bond donors (Lipinski definition) is 1. The molecule has 1 aliphatic rings. The number of morpholine rings is 1. The predicted octanol–water partition coefficient (Wildman–Crippen LogP) is 2.84. The summed E-state index contributed by atoms with van der Waals surface area (Å²) in [6.45, 7) is 2.86. The molecular weight excluding hydrogens is 480 g/mol. The molecule has 38 heavy (non-hydrogen) atoms. The number of nitrogen functional groups attached to an aromatic ring is 1. The number of carbonyl (C=O) groups is 1. The molecule has 0 aliphatic carbocycles. The Morgan fingerprint density at radius 2 is 2.00 bits per heavy atom. The number of benzene rings is 2. The molecule has 4 heterocycles. The van der Waals surface area contributed by atoms with E-state index < -0.39 is 0 Å². The molecule has 194 valence electrons. The number of fused-ring (bicyclic) bond motifs is 2. The summed E-state index contributed by atoms with van der Waals surface area (Å²) in [5.41, 5.74) is 12.0. The highest BCUT2D eigenvalue weighted by Gasteiger charge is 2.28. The van der Waals surface area contributed by atoms with Crippen LogP contribution in [0.15, 0.2) is 67.1 Å². The average molecular weight is 511 g/mol. The molecule has 2 N–H and O–H groups in total. The van der Waals surface area contributed by atoms with Gasteiger partial charge in [0.05, 0.1) is 30.9 Å². The Hall–Kier alpha value is -4.28. The van der Waals surface area contributed by atoms with Crippen LogP contribution < -0.4 is 5.73 Å². The zero-order valence-electron chi connectivity index (χ0n) is 21.5. The molecule has 0 spiro atoms. The number of nitrogens with two attached hydrogens (primary N) is 1. The van der Waals surface area contributed by atoms with Crippen LogP contribution in [0.2, 0.25) is 0 Å². The fourth-order valence-corrected chi connectivity index (χ4v) is 4.99. The van der Waals surface area contributed by atoms with Crippen molar-refractivity contribution in [3.8, 4) is 11.1 Å². The van der Waals surface area contributed by atoms with Gasteiger partial charge < -0.3 is 15.4 Å². The normalized spacial score (nSPS) is 16.3. The van der Waals surface area contributed by atoms with E-state index in [1.807, 2.05) is 27.4 Å². The zero-order valence-corrected chi connectivity index (χ0v) is 21.5. The first-order chi connectivity index (χ1) is 18.5. The smallest absolute Gasteiger partial charge is 0.236 e. The number of amides is 1. The van der Waals surface area contributed by atoms with E-state index in [2.05, 4.69) is 57.6 Å². The number of carbonyl (C=O) groups excluding carboxylic acids is 1. The number of likely N-dealkylation sites (N-methyl/N-ethyl adjacent to an activating group) is 1. The summed E-state index contributed by atoms with van der Waals surface area (Å²) in [6.07, 6.45) is 3.26. The molecule has 1 aliphatic heterocycles. The molecule has 10 nitrogen and oxygen atoms in total. The van der Waals surface area contributed by atoms with Gasteiger partial charge in [-0.3, -0.25) is 14.4 Å². The summed E-state index contributed by atoms with van der Waals surface area (Å²) >= 11 is 0. The van der Waals surface area contributed by atoms with Crippen LogP contribution in [0.5, 0.6) is 0 Å². The highest BCUT2D eigenvalue weighted by atomic mass is 16.5. The largest absolute Gasteiger partial charge is 0.382 e. The standard InChI is InChI=1S/C28H30N8O2/c1-33(2)26(37)17-34-10-11-38-25(16-34)24-13-22(27-28(29)30-18-31-36(24)27)20-8-9-21-15-35(32-23(21)12-20)14-19-6-4-3-5-7-19/h3-9,12-13,15,18,25H,10-11,14,16-17H2,1-2H3,(H2,29,30,31). The first kappa shape index (κ1) is 24.1. The van der Waals surface area contributed by atoms with E-state index in [9.17, 15) is 4.79 Å². The van der Waals surface area contributed by atoms with E-state index in [1.54, 1.807) is 19.0 Å². The summed E-state index contributed by atoms with van der Waals surface area (Å²) in [7, 11) is 3.54. The number of hydrogen-bond acceptors (Lipinski definition) is 7. The minimum atomic E-state index is -0.261. The molecule has 10 heteroatoms. The molecule has 5 aromatic rings. The van der Waals surface area contributed by atoms with Crippen molar-refractivity contribution in [2.75, 3.05) is 46.1 Å². The Kier molecular flexibility index (Phi) is 6.26. The SMILES string of the molecule is CN(C)C(=O)CN1CCOC(c2cc(-c3ccc4cn(Cc5ccccc5)nc4c3)c3c(N)ncnn23)C1. The molecular formula is C28H30N8O2. The van der Waals surface area contributed by atoms with E-state index in [0.29, 0.717) is 38.6 Å². The summed E-state index contributed by atoms with van der Waals surface area (Å²) in [4.78, 5) is 20.3. The lowest BCUT2D eigenvalue weighted by molar-refractivity contribution is -0.132. The van der Waals surface area contributed by atoms with Gasteiger partial charge in [-0.05, 0) is 23.3 Å². The summed E-state index contributed by atoms with van der Waals surface area (Å²) in [5.74, 6) is 0.462. The van der Waals surface area contributed by atoms with Crippen molar-refractivity contribution < 1.29 is 9.53 Å². The van der Waals surface area contributed by atoms with Crippen LogP contribution in [-0.4, -0.2) is 80.4 Å². The maximum absolute atomic E-state index is 12.3. The lowest BCUT2D eigenvalue weighted by Gasteiger charge is -2.32. The number of rotatable bonds is 6. The number of nitrogens with zero attached hydrogens (tertiary/aromatic N) is 7. The second-order valence-electron chi connectivity index (χ2n) is 9.86. The van der Waals surface area contributed by atoms with Gasteiger partial charge in [0.25, 0.3) is 0 Å². The molecule has 1 unspecified atom stereocenters. The Bertz CT molecular complexity index is 1610. The quantitative estimate of drug-likeness (QED) is 0.374. The maximum atomic E-state index is 12.3. The topological polar surface area (TPSA) is 107 Å². The van der Waals surface area contributed by atoms with Gasteiger partial charge in [0.15, 0.2) is 5.82 Å². The molecule has 1 fully saturated rings. The maximum Gasteiger partial charge on any atom is 0.236 e. The van der Waals surface area contributed by atoms with Gasteiger partial charge >= 0.3 is 0 Å². The van der Waals surface area contributed by atoms with E-state index in [4.69, 9.17) is 15.6 Å². The van der Waals surface area contributed by atoms with Crippen molar-refractivity contribution in [3.63, 3.8) is 0 Å². The van der Waals surface area contributed by atoms with E-state index in [1.165, 1.54) is 11.9 Å². The van der Waals surface area contributed by atoms with Crippen molar-refractivity contribution in [1.29, 1.82) is 0 Å². The first-order valence-corrected chi connectivity index (χ1v) is 12.6. The minimum absolute atomic E-state index is 0.0675. The molecule has 0 saturated carbocycles. The number of anilines is 1. The Morgan fingerprint density at radius 1 is 1.16 bits per heavy atom. The molecule has 0 radical (unpaired) electrons. The van der Waals surface area contributed by atoms with Crippen LogP contribution in [0.25, 0.3) is 27.5 Å². The van der Waals surface area contributed by atoms with Crippen molar-refractivity contribution in [2.24, 2.45) is 0 Å². The van der Waals surface area contributed by atoms with Crippen molar-refractivity contribution in [1.82, 2.24) is 34.2 Å². The van der Waals surface area contributed by atoms with Gasteiger partial charge in [-0.2, -0.15) is 10.2 Å². The van der Waals surface area contributed by atoms with Gasteiger partial charge in [-0.25, -0.2) is 9.50 Å². The molecule has 1 amide bonds. The lowest BCUT2D eigenvalue weighted by Crippen LogP contribution is -2.44. The molecule has 3 aromatic heterocycles. The van der Waals surface area contributed by atoms with Crippen LogP contribution in [0.3, 0.4) is 0 Å². The van der Waals surface area contributed by atoms with E-state index in [-0.39, 0.29) is 12.0 Å². The van der Waals surface area contributed by atoms with Crippen LogP contribution in [0.4, 0.5) is 5.82 Å². The first-order valence-electron chi connectivity index (χ1n) is 12.6. The van der Waals surface area contributed by atoms with Gasteiger partial charge in [-0.15, -0.1) is 0 Å². The third kappa shape index (κ3) is 4.59. The summed E-state index contributed by atoms with van der Waals surface area (Å²) in [5, 5.41) is 10.4. The van der Waals surface area contributed by atoms with Gasteiger partial charge in [-0.1, -0.05) is 42.5 Å². The predicted molar refractivity (Wildman–Crippen MR) is 145 cm³/mol. The Morgan fingerprint density at radius 3 is 2.82 bits per heavy atom. The van der Waals surface area contributed by atoms with Crippen molar-refractivity contribution in [3.05, 3.63) is 78.4 Å². The molecule has 2 aromatic carbocycles. The summed E-state index contributed by atoms with van der Waals surface area (Å²) in [6, 6.07) is 18.6. The van der Waals surface area contributed by atoms with E-state index in [0.717, 1.165) is 33.2 Å². The van der Waals surface area contributed by atoms with Crippen LogP contribution in [0, 0.1) is 0 Å². The van der Waals surface area contributed by atoms with Crippen LogP contribution in [0.1, 0.15) is 17.4 Å². The number of aromatic nitrogens is 5. The van der Waals surface area contributed by atoms with E-state index >= 15 is 0 Å². The average Bonchev–Trinajstić information content (AvgIpc) is 3.51. The second-order valence-corrected chi connectivity index (χ2v) is 9.86. The molecule has 1 saturated heterocycles. The van der Waals surface area contributed by atoms with Gasteiger partial charge in [0.1, 0.15) is 17.9 Å². The molecule has 0 bridgehead atoms.